The first-order valence-electron chi connectivity index (χ1n) is 7.64. The molecule has 1 fully saturated rings. The minimum atomic E-state index is 0.259. The Labute approximate surface area is 132 Å². The molecule has 21 heavy (non-hydrogen) atoms. The Kier molecular flexibility index (Phi) is 6.49. The second-order valence-corrected chi connectivity index (χ2v) is 5.80. The van der Waals surface area contributed by atoms with E-state index in [-0.39, 0.29) is 5.91 Å². The molecule has 1 saturated heterocycles. The van der Waals surface area contributed by atoms with Crippen molar-refractivity contribution >= 4 is 17.5 Å². The number of amides is 1. The first-order chi connectivity index (χ1) is 10.2. The van der Waals surface area contributed by atoms with E-state index < -0.39 is 0 Å². The van der Waals surface area contributed by atoms with Crippen LogP contribution in [0.4, 0.5) is 0 Å². The van der Waals surface area contributed by atoms with Crippen molar-refractivity contribution in [2.45, 2.75) is 19.9 Å². The molecule has 1 aliphatic heterocycles. The molecule has 1 aliphatic rings. The van der Waals surface area contributed by atoms with Gasteiger partial charge in [-0.3, -0.25) is 4.79 Å². The molecule has 1 N–H and O–H groups in total. The average molecular weight is 310 g/mol. The van der Waals surface area contributed by atoms with Gasteiger partial charge in [-0.1, -0.05) is 30.7 Å². The minimum Gasteiger partial charge on any atom is -0.340 e. The summed E-state index contributed by atoms with van der Waals surface area (Å²) in [5.41, 5.74) is 1.18. The van der Waals surface area contributed by atoms with E-state index in [2.05, 4.69) is 17.1 Å². The lowest BCUT2D eigenvalue weighted by molar-refractivity contribution is -0.132. The van der Waals surface area contributed by atoms with Crippen LogP contribution in [0, 0.1) is 0 Å². The van der Waals surface area contributed by atoms with E-state index in [1.165, 1.54) is 5.56 Å². The number of hydrogen-bond donors (Lipinski definition) is 1. The summed E-state index contributed by atoms with van der Waals surface area (Å²) in [6.07, 6.45) is 0.569. The number of rotatable bonds is 6. The molecule has 1 amide bonds. The Balaban J connectivity index is 1.62. The van der Waals surface area contributed by atoms with Gasteiger partial charge in [-0.15, -0.1) is 0 Å². The third kappa shape index (κ3) is 5.30. The van der Waals surface area contributed by atoms with Crippen molar-refractivity contribution in [3.8, 4) is 0 Å². The second kappa shape index (κ2) is 8.37. The third-order valence-corrected chi connectivity index (χ3v) is 4.18. The zero-order chi connectivity index (χ0) is 15.1. The summed E-state index contributed by atoms with van der Waals surface area (Å²) in [7, 11) is 0. The number of nitrogens with one attached hydrogen (secondary N) is 1. The SMILES string of the molecule is CCN1CCN(C(=O)CCNCc2ccc(Cl)cc2)CC1. The molecule has 5 heteroatoms. The number of halogens is 1. The standard InChI is InChI=1S/C16H24ClN3O/c1-2-19-9-11-20(12-10-19)16(21)7-8-18-13-14-3-5-15(17)6-4-14/h3-6,18H,2,7-13H2,1H3. The van der Waals surface area contributed by atoms with Crippen molar-refractivity contribution in [2.75, 3.05) is 39.3 Å². The van der Waals surface area contributed by atoms with Gasteiger partial charge in [0.05, 0.1) is 0 Å². The first-order valence-corrected chi connectivity index (χ1v) is 8.02. The molecule has 1 heterocycles. The summed E-state index contributed by atoms with van der Waals surface area (Å²) in [4.78, 5) is 16.5. The predicted molar refractivity (Wildman–Crippen MR) is 86.5 cm³/mol. The normalized spacial score (nSPS) is 16.2. The monoisotopic (exact) mass is 309 g/mol. The van der Waals surface area contributed by atoms with E-state index in [0.29, 0.717) is 6.42 Å². The number of likely N-dealkylation sites (N-methyl/N-ethyl adjacent to an activating group) is 1. The molecular formula is C16H24ClN3O. The average Bonchev–Trinajstić information content (AvgIpc) is 2.53. The smallest absolute Gasteiger partial charge is 0.223 e. The van der Waals surface area contributed by atoms with Gasteiger partial charge < -0.3 is 15.1 Å². The zero-order valence-corrected chi connectivity index (χ0v) is 13.4. The van der Waals surface area contributed by atoms with Gasteiger partial charge in [0.1, 0.15) is 0 Å². The Morgan fingerprint density at radius 2 is 1.86 bits per heavy atom. The topological polar surface area (TPSA) is 35.6 Å². The molecule has 0 saturated carbocycles. The Morgan fingerprint density at radius 3 is 2.48 bits per heavy atom. The first kappa shape index (κ1) is 16.3. The molecule has 0 atom stereocenters. The number of benzene rings is 1. The van der Waals surface area contributed by atoms with Crippen molar-refractivity contribution in [1.82, 2.24) is 15.1 Å². The summed E-state index contributed by atoms with van der Waals surface area (Å²) in [6, 6.07) is 7.77. The molecule has 0 bridgehead atoms. The fraction of sp³-hybridized carbons (Fsp3) is 0.562. The summed E-state index contributed by atoms with van der Waals surface area (Å²) in [5, 5.41) is 4.06. The van der Waals surface area contributed by atoms with Gasteiger partial charge in [0.2, 0.25) is 5.91 Å². The summed E-state index contributed by atoms with van der Waals surface area (Å²) in [5.74, 6) is 0.259. The van der Waals surface area contributed by atoms with Gasteiger partial charge in [0, 0.05) is 50.7 Å². The van der Waals surface area contributed by atoms with Crippen molar-refractivity contribution in [2.24, 2.45) is 0 Å². The molecule has 1 aromatic carbocycles. The summed E-state index contributed by atoms with van der Waals surface area (Å²) >= 11 is 5.85. The van der Waals surface area contributed by atoms with Crippen LogP contribution in [0.1, 0.15) is 18.9 Å². The van der Waals surface area contributed by atoms with Crippen LogP contribution in [-0.2, 0) is 11.3 Å². The van der Waals surface area contributed by atoms with E-state index in [1.807, 2.05) is 29.2 Å². The highest BCUT2D eigenvalue weighted by Gasteiger charge is 2.19. The van der Waals surface area contributed by atoms with E-state index >= 15 is 0 Å². The van der Waals surface area contributed by atoms with Crippen molar-refractivity contribution < 1.29 is 4.79 Å². The Morgan fingerprint density at radius 1 is 1.19 bits per heavy atom. The largest absolute Gasteiger partial charge is 0.340 e. The van der Waals surface area contributed by atoms with Gasteiger partial charge >= 0.3 is 0 Å². The van der Waals surface area contributed by atoms with Crippen LogP contribution < -0.4 is 5.32 Å². The van der Waals surface area contributed by atoms with Gasteiger partial charge in [0.25, 0.3) is 0 Å². The highest BCUT2D eigenvalue weighted by molar-refractivity contribution is 6.30. The van der Waals surface area contributed by atoms with Crippen LogP contribution >= 0.6 is 11.6 Å². The lowest BCUT2D eigenvalue weighted by atomic mass is 10.2. The van der Waals surface area contributed by atoms with Crippen LogP contribution in [-0.4, -0.2) is 55.0 Å². The molecule has 4 nitrogen and oxygen atoms in total. The Hall–Kier alpha value is -1.10. The summed E-state index contributed by atoms with van der Waals surface area (Å²) < 4.78 is 0. The number of nitrogens with zero attached hydrogens (tertiary/aromatic N) is 2. The lowest BCUT2D eigenvalue weighted by Gasteiger charge is -2.34. The molecule has 1 aromatic rings. The van der Waals surface area contributed by atoms with Crippen molar-refractivity contribution in [1.29, 1.82) is 0 Å². The van der Waals surface area contributed by atoms with Gasteiger partial charge in [-0.25, -0.2) is 0 Å². The lowest BCUT2D eigenvalue weighted by Crippen LogP contribution is -2.48. The van der Waals surface area contributed by atoms with E-state index in [0.717, 1.165) is 50.8 Å². The maximum atomic E-state index is 12.1. The zero-order valence-electron chi connectivity index (χ0n) is 12.6. The number of carbonyl (C=O) groups excluding carboxylic acids is 1. The number of carbonyl (C=O) groups is 1. The molecule has 0 aromatic heterocycles. The fourth-order valence-electron chi connectivity index (χ4n) is 2.50. The fourth-order valence-corrected chi connectivity index (χ4v) is 2.63. The van der Waals surface area contributed by atoms with E-state index in [1.54, 1.807) is 0 Å². The van der Waals surface area contributed by atoms with Gasteiger partial charge in [-0.2, -0.15) is 0 Å². The molecule has 0 radical (unpaired) electrons. The minimum absolute atomic E-state index is 0.259. The van der Waals surface area contributed by atoms with Crippen LogP contribution in [0.5, 0.6) is 0 Å². The highest BCUT2D eigenvalue weighted by atomic mass is 35.5. The van der Waals surface area contributed by atoms with E-state index in [4.69, 9.17) is 11.6 Å². The highest BCUT2D eigenvalue weighted by Crippen LogP contribution is 2.09. The Bertz CT molecular complexity index is 441. The van der Waals surface area contributed by atoms with Crippen LogP contribution in [0.15, 0.2) is 24.3 Å². The summed E-state index contributed by atoms with van der Waals surface area (Å²) in [6.45, 7) is 8.46. The third-order valence-electron chi connectivity index (χ3n) is 3.93. The molecule has 0 aliphatic carbocycles. The van der Waals surface area contributed by atoms with Crippen molar-refractivity contribution in [3.63, 3.8) is 0 Å². The van der Waals surface area contributed by atoms with Crippen molar-refractivity contribution in [3.05, 3.63) is 34.9 Å². The van der Waals surface area contributed by atoms with Gasteiger partial charge in [0.15, 0.2) is 0 Å². The quantitative estimate of drug-likeness (QED) is 0.816. The van der Waals surface area contributed by atoms with Gasteiger partial charge in [-0.05, 0) is 24.2 Å². The number of piperazine rings is 1. The van der Waals surface area contributed by atoms with E-state index in [9.17, 15) is 4.79 Å². The molecule has 0 unspecified atom stereocenters. The maximum absolute atomic E-state index is 12.1. The van der Waals surface area contributed by atoms with Crippen LogP contribution in [0.3, 0.4) is 0 Å². The molecular weight excluding hydrogens is 286 g/mol. The molecule has 2 rings (SSSR count). The molecule has 116 valence electrons. The molecule has 0 spiro atoms. The maximum Gasteiger partial charge on any atom is 0.223 e. The van der Waals surface area contributed by atoms with Crippen LogP contribution in [0.25, 0.3) is 0 Å². The number of hydrogen-bond acceptors (Lipinski definition) is 3. The second-order valence-electron chi connectivity index (χ2n) is 5.37. The predicted octanol–water partition coefficient (Wildman–Crippen LogP) is 1.98. The van der Waals surface area contributed by atoms with Crippen LogP contribution in [0.2, 0.25) is 5.02 Å².